The number of aromatic hydroxyl groups is 1. The van der Waals surface area contributed by atoms with Gasteiger partial charge in [0.2, 0.25) is 0 Å². The third-order valence-corrected chi connectivity index (χ3v) is 4.06. The van der Waals surface area contributed by atoms with Gasteiger partial charge in [-0.1, -0.05) is 18.2 Å². The highest BCUT2D eigenvalue weighted by Crippen LogP contribution is 2.27. The lowest BCUT2D eigenvalue weighted by Crippen LogP contribution is -2.41. The number of ether oxygens (including phenoxy) is 1. The number of carbonyl (C=O) groups is 1. The summed E-state index contributed by atoms with van der Waals surface area (Å²) in [7, 11) is 0. The molecule has 0 spiro atoms. The van der Waals surface area contributed by atoms with Crippen molar-refractivity contribution in [2.45, 2.75) is 31.9 Å². The van der Waals surface area contributed by atoms with Crippen LogP contribution in [0.3, 0.4) is 0 Å². The van der Waals surface area contributed by atoms with E-state index in [0.29, 0.717) is 0 Å². The lowest BCUT2D eigenvalue weighted by Gasteiger charge is -2.29. The van der Waals surface area contributed by atoms with E-state index in [4.69, 9.17) is 4.74 Å². The van der Waals surface area contributed by atoms with E-state index >= 15 is 0 Å². The Morgan fingerprint density at radius 3 is 2.60 bits per heavy atom. The number of benzene rings is 1. The summed E-state index contributed by atoms with van der Waals surface area (Å²) >= 11 is 0. The van der Waals surface area contributed by atoms with Gasteiger partial charge in [-0.25, -0.2) is 0 Å². The highest BCUT2D eigenvalue weighted by Gasteiger charge is 2.36. The molecule has 4 nitrogen and oxygen atoms in total. The van der Waals surface area contributed by atoms with E-state index in [-0.39, 0.29) is 23.9 Å². The van der Waals surface area contributed by atoms with E-state index < -0.39 is 0 Å². The number of phenols is 1. The van der Waals surface area contributed by atoms with Gasteiger partial charge in [-0.3, -0.25) is 9.69 Å². The summed E-state index contributed by atoms with van der Waals surface area (Å²) < 4.78 is 5.22. The van der Waals surface area contributed by atoms with Gasteiger partial charge >= 0.3 is 5.97 Å². The van der Waals surface area contributed by atoms with Crippen LogP contribution in [0.2, 0.25) is 0 Å². The zero-order valence-corrected chi connectivity index (χ0v) is 11.6. The normalized spacial score (nSPS) is 27.2. The van der Waals surface area contributed by atoms with Gasteiger partial charge in [-0.05, 0) is 36.6 Å². The lowest BCUT2D eigenvalue weighted by molar-refractivity contribution is -0.144. The molecule has 2 heterocycles. The Hall–Kier alpha value is -1.81. The fourth-order valence-electron chi connectivity index (χ4n) is 2.94. The molecule has 1 fully saturated rings. The molecule has 1 aromatic carbocycles. The topological polar surface area (TPSA) is 49.8 Å². The van der Waals surface area contributed by atoms with Crippen LogP contribution in [-0.4, -0.2) is 41.2 Å². The van der Waals surface area contributed by atoms with E-state index in [1.165, 1.54) is 5.57 Å². The quantitative estimate of drug-likeness (QED) is 0.839. The molecule has 2 aliphatic heterocycles. The molecule has 106 valence electrons. The van der Waals surface area contributed by atoms with Gasteiger partial charge < -0.3 is 9.84 Å². The molecule has 2 atom stereocenters. The largest absolute Gasteiger partial charge is 0.508 e. The first-order chi connectivity index (χ1) is 9.63. The molecule has 3 rings (SSSR count). The van der Waals surface area contributed by atoms with Gasteiger partial charge in [0.15, 0.2) is 0 Å². The molecule has 2 aliphatic rings. The lowest BCUT2D eigenvalue weighted by atomic mass is 9.98. The molecule has 4 heteroatoms. The fourth-order valence-corrected chi connectivity index (χ4v) is 2.94. The summed E-state index contributed by atoms with van der Waals surface area (Å²) in [6.07, 6.45) is 3.92. The number of phenolic OH excluding ortho intramolecular Hbond substituents is 1. The van der Waals surface area contributed by atoms with Crippen LogP contribution in [0.1, 0.15) is 25.3 Å². The Kier molecular flexibility index (Phi) is 3.49. The molecule has 0 saturated carbocycles. The molecule has 1 aromatic rings. The number of rotatable bonds is 2. The Morgan fingerprint density at radius 2 is 2.05 bits per heavy atom. The second-order valence-electron chi connectivity index (χ2n) is 5.52. The van der Waals surface area contributed by atoms with E-state index in [1.807, 2.05) is 19.1 Å². The standard InChI is InChI=1S/C16H19NO3/c1-11-10-15(16(19)20-11)17-8-6-13(7-9-17)12-2-4-14(18)5-3-12/h2-6,11,15,18H,7-10H2,1H3. The third-order valence-electron chi connectivity index (χ3n) is 4.06. The Labute approximate surface area is 118 Å². The Balaban J connectivity index is 1.69. The summed E-state index contributed by atoms with van der Waals surface area (Å²) in [4.78, 5) is 14.0. The average Bonchev–Trinajstić information content (AvgIpc) is 2.79. The molecule has 1 N–H and O–H groups in total. The second-order valence-corrected chi connectivity index (χ2v) is 5.52. The van der Waals surface area contributed by atoms with Crippen LogP contribution in [0.25, 0.3) is 5.57 Å². The number of carbonyl (C=O) groups excluding carboxylic acids is 1. The van der Waals surface area contributed by atoms with Crippen LogP contribution in [0, 0.1) is 0 Å². The minimum atomic E-state index is -0.0843. The summed E-state index contributed by atoms with van der Waals surface area (Å²) in [5.74, 6) is 0.202. The Bertz CT molecular complexity index is 535. The van der Waals surface area contributed by atoms with E-state index in [9.17, 15) is 9.90 Å². The minimum absolute atomic E-state index is 0.0370. The van der Waals surface area contributed by atoms with Crippen molar-refractivity contribution < 1.29 is 14.6 Å². The number of cyclic esters (lactones) is 1. The summed E-state index contributed by atoms with van der Waals surface area (Å²) in [6, 6.07) is 7.20. The number of esters is 1. The van der Waals surface area contributed by atoms with Gasteiger partial charge in [-0.2, -0.15) is 0 Å². The molecule has 0 aliphatic carbocycles. The first kappa shape index (κ1) is 13.2. The third kappa shape index (κ3) is 2.56. The van der Waals surface area contributed by atoms with E-state index in [2.05, 4.69) is 11.0 Å². The van der Waals surface area contributed by atoms with Crippen molar-refractivity contribution in [1.29, 1.82) is 0 Å². The SMILES string of the molecule is CC1CC(N2CC=C(c3ccc(O)cc3)CC2)C(=O)O1. The summed E-state index contributed by atoms with van der Waals surface area (Å²) in [5.41, 5.74) is 2.42. The van der Waals surface area contributed by atoms with Crippen LogP contribution in [-0.2, 0) is 9.53 Å². The van der Waals surface area contributed by atoms with Crippen LogP contribution in [0.4, 0.5) is 0 Å². The zero-order chi connectivity index (χ0) is 14.1. The average molecular weight is 273 g/mol. The van der Waals surface area contributed by atoms with Gasteiger partial charge in [0.1, 0.15) is 17.9 Å². The summed E-state index contributed by atoms with van der Waals surface area (Å²) in [5, 5.41) is 9.32. The number of hydrogen-bond acceptors (Lipinski definition) is 4. The number of hydrogen-bond donors (Lipinski definition) is 1. The van der Waals surface area contributed by atoms with Crippen molar-refractivity contribution in [3.63, 3.8) is 0 Å². The summed E-state index contributed by atoms with van der Waals surface area (Å²) in [6.45, 7) is 3.60. The molecule has 0 aromatic heterocycles. The minimum Gasteiger partial charge on any atom is -0.508 e. The van der Waals surface area contributed by atoms with Crippen LogP contribution < -0.4 is 0 Å². The molecule has 1 saturated heterocycles. The predicted molar refractivity (Wildman–Crippen MR) is 76.2 cm³/mol. The Morgan fingerprint density at radius 1 is 1.30 bits per heavy atom. The van der Waals surface area contributed by atoms with Crippen molar-refractivity contribution in [2.75, 3.05) is 13.1 Å². The highest BCUT2D eigenvalue weighted by atomic mass is 16.6. The van der Waals surface area contributed by atoms with Crippen molar-refractivity contribution >= 4 is 11.5 Å². The predicted octanol–water partition coefficient (Wildman–Crippen LogP) is 2.19. The van der Waals surface area contributed by atoms with Gasteiger partial charge in [0.05, 0.1) is 0 Å². The zero-order valence-electron chi connectivity index (χ0n) is 11.6. The maximum absolute atomic E-state index is 11.8. The van der Waals surface area contributed by atoms with Crippen LogP contribution >= 0.6 is 0 Å². The second kappa shape index (κ2) is 5.29. The molecule has 20 heavy (non-hydrogen) atoms. The molecule has 0 radical (unpaired) electrons. The van der Waals surface area contributed by atoms with E-state index in [1.54, 1.807) is 12.1 Å². The first-order valence-corrected chi connectivity index (χ1v) is 7.06. The van der Waals surface area contributed by atoms with Gasteiger partial charge in [0.25, 0.3) is 0 Å². The maximum atomic E-state index is 11.8. The van der Waals surface area contributed by atoms with E-state index in [0.717, 1.165) is 31.5 Å². The van der Waals surface area contributed by atoms with Crippen molar-refractivity contribution in [1.82, 2.24) is 4.90 Å². The van der Waals surface area contributed by atoms with Crippen molar-refractivity contribution in [2.24, 2.45) is 0 Å². The molecule has 0 amide bonds. The maximum Gasteiger partial charge on any atom is 0.323 e. The van der Waals surface area contributed by atoms with Gasteiger partial charge in [-0.15, -0.1) is 0 Å². The van der Waals surface area contributed by atoms with Crippen molar-refractivity contribution in [3.05, 3.63) is 35.9 Å². The molecular formula is C16H19NO3. The number of nitrogens with zero attached hydrogens (tertiary/aromatic N) is 1. The monoisotopic (exact) mass is 273 g/mol. The highest BCUT2D eigenvalue weighted by molar-refractivity contribution is 5.78. The smallest absolute Gasteiger partial charge is 0.323 e. The van der Waals surface area contributed by atoms with Crippen LogP contribution in [0.5, 0.6) is 5.75 Å². The molecule has 0 bridgehead atoms. The van der Waals surface area contributed by atoms with Gasteiger partial charge in [0, 0.05) is 19.5 Å². The van der Waals surface area contributed by atoms with Crippen LogP contribution in [0.15, 0.2) is 30.3 Å². The van der Waals surface area contributed by atoms with Crippen molar-refractivity contribution in [3.8, 4) is 5.75 Å². The molecular weight excluding hydrogens is 254 g/mol. The molecule has 2 unspecified atom stereocenters. The fraction of sp³-hybridized carbons (Fsp3) is 0.438. The first-order valence-electron chi connectivity index (χ1n) is 7.06.